The quantitative estimate of drug-likeness (QED) is 0.299. The first-order valence-electron chi connectivity index (χ1n) is 9.28. The van der Waals surface area contributed by atoms with Gasteiger partial charge in [0, 0.05) is 38.9 Å². The van der Waals surface area contributed by atoms with E-state index >= 15 is 0 Å². The maximum atomic E-state index is 5.58. The zero-order valence-corrected chi connectivity index (χ0v) is 19.6. The molecule has 1 aromatic heterocycles. The zero-order valence-electron chi connectivity index (χ0n) is 17.3. The number of guanidine groups is 1. The van der Waals surface area contributed by atoms with Crippen molar-refractivity contribution >= 4 is 35.6 Å². The molecule has 2 aromatic carbocycles. The third kappa shape index (κ3) is 6.22. The summed E-state index contributed by atoms with van der Waals surface area (Å²) >= 11 is 0. The van der Waals surface area contributed by atoms with Crippen molar-refractivity contribution in [1.29, 1.82) is 0 Å². The molecule has 2 N–H and O–H groups in total. The van der Waals surface area contributed by atoms with Crippen LogP contribution < -0.4 is 15.5 Å². The van der Waals surface area contributed by atoms with Crippen LogP contribution in [0.2, 0.25) is 0 Å². The molecule has 0 fully saturated rings. The van der Waals surface area contributed by atoms with Gasteiger partial charge < -0.3 is 20.0 Å². The molecule has 3 aromatic rings. The van der Waals surface area contributed by atoms with Gasteiger partial charge in [-0.25, -0.2) is 4.98 Å². The molecule has 1 heterocycles. The van der Waals surface area contributed by atoms with Crippen LogP contribution in [0.15, 0.2) is 64.2 Å². The second-order valence-corrected chi connectivity index (χ2v) is 6.82. The second-order valence-electron chi connectivity index (χ2n) is 6.82. The lowest BCUT2D eigenvalue weighted by Crippen LogP contribution is -2.36. The van der Waals surface area contributed by atoms with Crippen molar-refractivity contribution in [3.8, 4) is 11.5 Å². The van der Waals surface area contributed by atoms with Crippen molar-refractivity contribution in [3.05, 3.63) is 71.6 Å². The van der Waals surface area contributed by atoms with Crippen LogP contribution >= 0.6 is 24.0 Å². The van der Waals surface area contributed by atoms with Crippen molar-refractivity contribution in [2.24, 2.45) is 4.99 Å². The van der Waals surface area contributed by atoms with Gasteiger partial charge in [0.2, 0.25) is 5.89 Å². The van der Waals surface area contributed by atoms with Crippen molar-refractivity contribution in [1.82, 2.24) is 15.6 Å². The van der Waals surface area contributed by atoms with E-state index in [1.807, 2.05) is 30.3 Å². The summed E-state index contributed by atoms with van der Waals surface area (Å²) in [4.78, 5) is 11.0. The fraction of sp³-hybridized carbons (Fsp3) is 0.273. The summed E-state index contributed by atoms with van der Waals surface area (Å²) in [6.07, 6.45) is 1.67. The number of aryl methyl sites for hydroxylation is 1. The molecule has 0 aliphatic rings. The van der Waals surface area contributed by atoms with Gasteiger partial charge in [-0.3, -0.25) is 4.99 Å². The Morgan fingerprint density at radius 2 is 1.79 bits per heavy atom. The molecule has 0 bridgehead atoms. The average molecular weight is 505 g/mol. The lowest BCUT2D eigenvalue weighted by molar-refractivity contribution is 0.572. The van der Waals surface area contributed by atoms with Crippen LogP contribution in [0.4, 0.5) is 5.69 Å². The number of hydrogen-bond acceptors (Lipinski definition) is 4. The van der Waals surface area contributed by atoms with E-state index in [0.29, 0.717) is 19.0 Å². The van der Waals surface area contributed by atoms with Crippen molar-refractivity contribution in [2.75, 3.05) is 26.0 Å². The Kier molecular flexibility index (Phi) is 8.50. The summed E-state index contributed by atoms with van der Waals surface area (Å²) < 4.78 is 5.58. The van der Waals surface area contributed by atoms with Crippen LogP contribution in [0, 0.1) is 6.92 Å². The Balaban J connectivity index is 0.00000300. The van der Waals surface area contributed by atoms with Crippen LogP contribution in [-0.4, -0.2) is 32.1 Å². The van der Waals surface area contributed by atoms with E-state index in [-0.39, 0.29) is 24.0 Å². The summed E-state index contributed by atoms with van der Waals surface area (Å²) in [6.45, 7) is 3.32. The van der Waals surface area contributed by atoms with E-state index < -0.39 is 0 Å². The molecule has 0 spiro atoms. The van der Waals surface area contributed by atoms with Crippen LogP contribution in [0.25, 0.3) is 11.5 Å². The second kappa shape index (κ2) is 10.8. The highest BCUT2D eigenvalue weighted by Gasteiger charge is 2.08. The van der Waals surface area contributed by atoms with Gasteiger partial charge in [-0.15, -0.1) is 24.0 Å². The van der Waals surface area contributed by atoms with Crippen molar-refractivity contribution in [2.45, 2.75) is 20.0 Å². The monoisotopic (exact) mass is 505 g/mol. The van der Waals surface area contributed by atoms with E-state index in [1.165, 1.54) is 16.8 Å². The summed E-state index contributed by atoms with van der Waals surface area (Å²) in [5.41, 5.74) is 5.45. The highest BCUT2D eigenvalue weighted by atomic mass is 127. The van der Waals surface area contributed by atoms with E-state index in [4.69, 9.17) is 4.42 Å². The first-order valence-corrected chi connectivity index (χ1v) is 9.28. The van der Waals surface area contributed by atoms with Crippen LogP contribution in [0.5, 0.6) is 0 Å². The summed E-state index contributed by atoms with van der Waals surface area (Å²) in [5, 5.41) is 6.65. The minimum absolute atomic E-state index is 0. The largest absolute Gasteiger partial charge is 0.444 e. The number of nitrogens with one attached hydrogen (secondary N) is 2. The number of halogens is 1. The molecule has 0 unspecified atom stereocenters. The summed E-state index contributed by atoms with van der Waals surface area (Å²) in [5.74, 6) is 1.34. The number of benzene rings is 2. The number of aliphatic imine (C=N–C) groups is 1. The maximum Gasteiger partial charge on any atom is 0.226 e. The predicted octanol–water partition coefficient (Wildman–Crippen LogP) is 4.20. The third-order valence-corrected chi connectivity index (χ3v) is 4.40. The summed E-state index contributed by atoms with van der Waals surface area (Å²) in [6, 6.07) is 16.3. The average Bonchev–Trinajstić information content (AvgIpc) is 3.18. The number of nitrogens with zero attached hydrogens (tertiary/aromatic N) is 3. The smallest absolute Gasteiger partial charge is 0.226 e. The number of aromatic nitrogens is 1. The number of rotatable bonds is 6. The topological polar surface area (TPSA) is 65.7 Å². The predicted molar refractivity (Wildman–Crippen MR) is 130 cm³/mol. The number of hydrogen-bond donors (Lipinski definition) is 2. The Hall–Kier alpha value is -2.55. The summed E-state index contributed by atoms with van der Waals surface area (Å²) in [7, 11) is 5.87. The SMILES string of the molecule is CN=C(NCc1coc(-c2ccccc2)n1)NCc1ccc(C)cc1N(C)C.I. The minimum atomic E-state index is 0. The van der Waals surface area contributed by atoms with E-state index in [2.05, 4.69) is 64.7 Å². The van der Waals surface area contributed by atoms with Gasteiger partial charge in [0.25, 0.3) is 0 Å². The van der Waals surface area contributed by atoms with Gasteiger partial charge in [-0.2, -0.15) is 0 Å². The lowest BCUT2D eigenvalue weighted by Gasteiger charge is -2.19. The van der Waals surface area contributed by atoms with Crippen LogP contribution in [0.1, 0.15) is 16.8 Å². The van der Waals surface area contributed by atoms with Gasteiger partial charge in [-0.05, 0) is 36.2 Å². The van der Waals surface area contributed by atoms with Crippen LogP contribution in [0.3, 0.4) is 0 Å². The molecule has 6 nitrogen and oxygen atoms in total. The highest BCUT2D eigenvalue weighted by Crippen LogP contribution is 2.20. The molecule has 0 atom stereocenters. The van der Waals surface area contributed by atoms with Crippen molar-refractivity contribution in [3.63, 3.8) is 0 Å². The molecule has 3 rings (SSSR count). The molecule has 0 aliphatic heterocycles. The Bertz CT molecular complexity index is 937. The zero-order chi connectivity index (χ0) is 19.9. The van der Waals surface area contributed by atoms with Gasteiger partial charge in [-0.1, -0.05) is 30.3 Å². The standard InChI is InChI=1S/C22H27N5O.HI/c1-16-10-11-18(20(12-16)27(3)4)13-24-22(23-2)25-14-19-15-28-21(26-19)17-8-6-5-7-9-17;/h5-12,15H,13-14H2,1-4H3,(H2,23,24,25);1H. The van der Waals surface area contributed by atoms with E-state index in [1.54, 1.807) is 13.3 Å². The number of oxazole rings is 1. The van der Waals surface area contributed by atoms with E-state index in [0.717, 1.165) is 17.2 Å². The van der Waals surface area contributed by atoms with Gasteiger partial charge >= 0.3 is 0 Å². The minimum Gasteiger partial charge on any atom is -0.444 e. The molecule has 0 saturated heterocycles. The Labute approximate surface area is 189 Å². The molecule has 7 heteroatoms. The Morgan fingerprint density at radius 1 is 1.07 bits per heavy atom. The molecular weight excluding hydrogens is 477 g/mol. The maximum absolute atomic E-state index is 5.58. The molecule has 0 amide bonds. The van der Waals surface area contributed by atoms with Crippen molar-refractivity contribution < 1.29 is 4.42 Å². The van der Waals surface area contributed by atoms with Gasteiger partial charge in [0.1, 0.15) is 6.26 Å². The normalized spacial score (nSPS) is 11.0. The molecule has 29 heavy (non-hydrogen) atoms. The molecular formula is C22H28IN5O. The van der Waals surface area contributed by atoms with Gasteiger partial charge in [0.15, 0.2) is 5.96 Å². The molecule has 0 aliphatic carbocycles. The first-order chi connectivity index (χ1) is 13.6. The van der Waals surface area contributed by atoms with E-state index in [9.17, 15) is 0 Å². The molecule has 154 valence electrons. The van der Waals surface area contributed by atoms with Gasteiger partial charge in [0.05, 0.1) is 12.2 Å². The Morgan fingerprint density at radius 3 is 2.48 bits per heavy atom. The lowest BCUT2D eigenvalue weighted by atomic mass is 10.1. The fourth-order valence-corrected chi connectivity index (χ4v) is 2.92. The van der Waals surface area contributed by atoms with Crippen LogP contribution in [-0.2, 0) is 13.1 Å². The molecule has 0 radical (unpaired) electrons. The third-order valence-electron chi connectivity index (χ3n) is 4.40. The fourth-order valence-electron chi connectivity index (χ4n) is 2.92. The highest BCUT2D eigenvalue weighted by molar-refractivity contribution is 14.0. The molecule has 0 saturated carbocycles. The number of anilines is 1. The first kappa shape index (κ1) is 22.7.